The number of halogens is 1. The van der Waals surface area contributed by atoms with E-state index in [0.717, 1.165) is 0 Å². The molecule has 1 N–H and O–H groups in total. The van der Waals surface area contributed by atoms with Gasteiger partial charge in [0.15, 0.2) is 0 Å². The van der Waals surface area contributed by atoms with Gasteiger partial charge in [-0.15, -0.1) is 11.6 Å². The van der Waals surface area contributed by atoms with Gasteiger partial charge in [0.25, 0.3) is 0 Å². The van der Waals surface area contributed by atoms with Crippen molar-refractivity contribution in [2.45, 2.75) is 12.0 Å². The molecule has 0 spiro atoms. The SMILES string of the molecule is CN(C)C(=O)CC1(NC(=O)CCl)COC1. The van der Waals surface area contributed by atoms with Crippen LogP contribution in [0.5, 0.6) is 0 Å². The molecular formula is C9H15ClN2O3. The van der Waals surface area contributed by atoms with Gasteiger partial charge < -0.3 is 15.0 Å². The lowest BCUT2D eigenvalue weighted by molar-refractivity contribution is -0.143. The van der Waals surface area contributed by atoms with Gasteiger partial charge in [-0.3, -0.25) is 9.59 Å². The zero-order valence-electron chi connectivity index (χ0n) is 8.88. The zero-order chi connectivity index (χ0) is 11.5. The van der Waals surface area contributed by atoms with Crippen molar-refractivity contribution < 1.29 is 14.3 Å². The average Bonchev–Trinajstić information content (AvgIpc) is 2.13. The van der Waals surface area contributed by atoms with E-state index in [2.05, 4.69) is 5.32 Å². The van der Waals surface area contributed by atoms with Crippen molar-refractivity contribution in [2.24, 2.45) is 0 Å². The van der Waals surface area contributed by atoms with Crippen LogP contribution in [0.15, 0.2) is 0 Å². The first-order valence-electron chi connectivity index (χ1n) is 4.64. The van der Waals surface area contributed by atoms with E-state index in [1.807, 2.05) is 0 Å². The molecule has 0 aromatic heterocycles. The topological polar surface area (TPSA) is 58.6 Å². The highest BCUT2D eigenvalue weighted by atomic mass is 35.5. The second kappa shape index (κ2) is 4.81. The third-order valence-electron chi connectivity index (χ3n) is 2.27. The number of hydrogen-bond acceptors (Lipinski definition) is 3. The number of carbonyl (C=O) groups is 2. The largest absolute Gasteiger partial charge is 0.376 e. The number of rotatable bonds is 4. The Labute approximate surface area is 93.7 Å². The van der Waals surface area contributed by atoms with Crippen LogP contribution in [-0.2, 0) is 14.3 Å². The fourth-order valence-corrected chi connectivity index (χ4v) is 1.41. The molecule has 1 rings (SSSR count). The second-order valence-corrected chi connectivity index (χ2v) is 4.19. The van der Waals surface area contributed by atoms with Gasteiger partial charge in [-0.05, 0) is 0 Å². The molecule has 6 heteroatoms. The minimum atomic E-state index is -0.548. The van der Waals surface area contributed by atoms with Crippen LogP contribution < -0.4 is 5.32 Å². The molecule has 0 saturated carbocycles. The Morgan fingerprint density at radius 3 is 2.40 bits per heavy atom. The van der Waals surface area contributed by atoms with E-state index in [4.69, 9.17) is 16.3 Å². The van der Waals surface area contributed by atoms with Crippen molar-refractivity contribution >= 4 is 23.4 Å². The molecule has 1 heterocycles. The minimum Gasteiger partial charge on any atom is -0.376 e. The van der Waals surface area contributed by atoms with E-state index in [9.17, 15) is 9.59 Å². The Kier molecular flexibility index (Phi) is 3.93. The van der Waals surface area contributed by atoms with Crippen LogP contribution in [-0.4, -0.2) is 55.4 Å². The first-order valence-corrected chi connectivity index (χ1v) is 5.17. The molecule has 0 radical (unpaired) electrons. The number of amides is 2. The van der Waals surface area contributed by atoms with Gasteiger partial charge in [0, 0.05) is 14.1 Å². The third kappa shape index (κ3) is 3.07. The molecule has 1 aliphatic heterocycles. The standard InChI is InChI=1S/C9H15ClN2O3/c1-12(2)8(14)3-9(5-15-6-9)11-7(13)4-10/h3-6H2,1-2H3,(H,11,13). The van der Waals surface area contributed by atoms with E-state index >= 15 is 0 Å². The highest BCUT2D eigenvalue weighted by Gasteiger charge is 2.42. The van der Waals surface area contributed by atoms with Gasteiger partial charge in [-0.2, -0.15) is 0 Å². The maximum atomic E-state index is 11.5. The molecule has 5 nitrogen and oxygen atoms in total. The van der Waals surface area contributed by atoms with E-state index in [-0.39, 0.29) is 24.1 Å². The summed E-state index contributed by atoms with van der Waals surface area (Å²) in [5.74, 6) is -0.405. The summed E-state index contributed by atoms with van der Waals surface area (Å²) in [6, 6.07) is 0. The number of hydrogen-bond donors (Lipinski definition) is 1. The smallest absolute Gasteiger partial charge is 0.235 e. The van der Waals surface area contributed by atoms with E-state index in [1.165, 1.54) is 4.90 Å². The van der Waals surface area contributed by atoms with Crippen LogP contribution in [0.25, 0.3) is 0 Å². The lowest BCUT2D eigenvalue weighted by Crippen LogP contribution is -2.64. The molecule has 0 unspecified atom stereocenters. The normalized spacial score (nSPS) is 17.8. The van der Waals surface area contributed by atoms with E-state index < -0.39 is 5.54 Å². The highest BCUT2D eigenvalue weighted by Crippen LogP contribution is 2.21. The van der Waals surface area contributed by atoms with Gasteiger partial charge in [0.05, 0.1) is 25.2 Å². The summed E-state index contributed by atoms with van der Waals surface area (Å²) in [5.41, 5.74) is -0.548. The molecule has 1 saturated heterocycles. The predicted molar refractivity (Wildman–Crippen MR) is 55.7 cm³/mol. The Hall–Kier alpha value is -0.810. The molecule has 1 fully saturated rings. The Balaban J connectivity index is 2.53. The van der Waals surface area contributed by atoms with Crippen molar-refractivity contribution in [1.29, 1.82) is 0 Å². The molecular weight excluding hydrogens is 220 g/mol. The van der Waals surface area contributed by atoms with Gasteiger partial charge in [-0.25, -0.2) is 0 Å². The number of carbonyl (C=O) groups excluding carboxylic acids is 2. The van der Waals surface area contributed by atoms with Gasteiger partial charge in [-0.1, -0.05) is 0 Å². The van der Waals surface area contributed by atoms with Crippen LogP contribution in [0.1, 0.15) is 6.42 Å². The molecule has 0 atom stereocenters. The van der Waals surface area contributed by atoms with Crippen molar-refractivity contribution in [1.82, 2.24) is 10.2 Å². The lowest BCUT2D eigenvalue weighted by Gasteiger charge is -2.41. The predicted octanol–water partition coefficient (Wildman–Crippen LogP) is -0.411. The van der Waals surface area contributed by atoms with Crippen LogP contribution in [0, 0.1) is 0 Å². The maximum absolute atomic E-state index is 11.5. The van der Waals surface area contributed by atoms with Crippen LogP contribution in [0.2, 0.25) is 0 Å². The van der Waals surface area contributed by atoms with E-state index in [0.29, 0.717) is 13.2 Å². The number of alkyl halides is 1. The summed E-state index contributed by atoms with van der Waals surface area (Å²) >= 11 is 5.39. The summed E-state index contributed by atoms with van der Waals surface area (Å²) in [5, 5.41) is 2.72. The molecule has 0 aliphatic carbocycles. The quantitative estimate of drug-likeness (QED) is 0.673. The molecule has 0 aromatic rings. The average molecular weight is 235 g/mol. The number of ether oxygens (including phenoxy) is 1. The molecule has 0 aromatic carbocycles. The molecule has 15 heavy (non-hydrogen) atoms. The Morgan fingerprint density at radius 2 is 2.07 bits per heavy atom. The zero-order valence-corrected chi connectivity index (χ0v) is 9.63. The summed E-state index contributed by atoms with van der Waals surface area (Å²) in [7, 11) is 3.36. The Morgan fingerprint density at radius 1 is 1.47 bits per heavy atom. The molecule has 86 valence electrons. The van der Waals surface area contributed by atoms with Crippen LogP contribution in [0.3, 0.4) is 0 Å². The van der Waals surface area contributed by atoms with Gasteiger partial charge >= 0.3 is 0 Å². The summed E-state index contributed by atoms with van der Waals surface area (Å²) in [6.07, 6.45) is 0.253. The lowest BCUT2D eigenvalue weighted by atomic mass is 9.92. The third-order valence-corrected chi connectivity index (χ3v) is 2.51. The monoisotopic (exact) mass is 234 g/mol. The fraction of sp³-hybridized carbons (Fsp3) is 0.778. The second-order valence-electron chi connectivity index (χ2n) is 3.92. The molecule has 1 aliphatic rings. The fourth-order valence-electron chi connectivity index (χ4n) is 1.34. The minimum absolute atomic E-state index is 0.0341. The summed E-state index contributed by atoms with van der Waals surface area (Å²) < 4.78 is 5.04. The van der Waals surface area contributed by atoms with Gasteiger partial charge in [0.1, 0.15) is 5.88 Å². The number of nitrogens with zero attached hydrogens (tertiary/aromatic N) is 1. The maximum Gasteiger partial charge on any atom is 0.235 e. The number of nitrogens with one attached hydrogen (secondary N) is 1. The highest BCUT2D eigenvalue weighted by molar-refractivity contribution is 6.27. The first kappa shape index (κ1) is 12.3. The van der Waals surface area contributed by atoms with Crippen molar-refractivity contribution in [3.8, 4) is 0 Å². The van der Waals surface area contributed by atoms with Crippen molar-refractivity contribution in [2.75, 3.05) is 33.2 Å². The first-order chi connectivity index (χ1) is 6.99. The van der Waals surface area contributed by atoms with Crippen LogP contribution in [0.4, 0.5) is 0 Å². The van der Waals surface area contributed by atoms with Gasteiger partial charge in [0.2, 0.25) is 11.8 Å². The molecule has 2 amide bonds. The van der Waals surface area contributed by atoms with Crippen LogP contribution >= 0.6 is 11.6 Å². The van der Waals surface area contributed by atoms with Crippen molar-refractivity contribution in [3.05, 3.63) is 0 Å². The van der Waals surface area contributed by atoms with Crippen molar-refractivity contribution in [3.63, 3.8) is 0 Å². The summed E-state index contributed by atoms with van der Waals surface area (Å²) in [4.78, 5) is 24.1. The van der Waals surface area contributed by atoms with E-state index in [1.54, 1.807) is 14.1 Å². The Bertz CT molecular complexity index is 264. The summed E-state index contributed by atoms with van der Waals surface area (Å²) in [6.45, 7) is 0.740. The molecule has 0 bridgehead atoms.